The molecule has 16 heteroatoms. The third-order valence-corrected chi connectivity index (χ3v) is 10.1. The molecule has 0 aliphatic carbocycles. The number of nitrogens with one attached hydrogen (secondary N) is 1. The highest BCUT2D eigenvalue weighted by Crippen LogP contribution is 2.58. The molecule has 5 N–H and O–H groups in total. The summed E-state index contributed by atoms with van der Waals surface area (Å²) < 4.78 is 28.2. The number of ether oxygens (including phenoxy) is 1. The van der Waals surface area contributed by atoms with E-state index in [9.17, 15) is 18.7 Å². The summed E-state index contributed by atoms with van der Waals surface area (Å²) in [6.07, 6.45) is 3.54. The molecule has 1 aromatic carbocycles. The summed E-state index contributed by atoms with van der Waals surface area (Å²) in [7, 11) is -8.48. The van der Waals surface area contributed by atoms with E-state index in [0.29, 0.717) is 29.1 Å². The van der Waals surface area contributed by atoms with Gasteiger partial charge in [-0.3, -0.25) is 23.8 Å². The van der Waals surface area contributed by atoms with Gasteiger partial charge in [-0.2, -0.15) is 0 Å². The van der Waals surface area contributed by atoms with E-state index >= 15 is 0 Å². The zero-order chi connectivity index (χ0) is 30.8. The topological polar surface area (TPSA) is 190 Å². The van der Waals surface area contributed by atoms with Gasteiger partial charge in [0.1, 0.15) is 0 Å². The number of carbonyl (C=O) groups is 2. The lowest BCUT2D eigenvalue weighted by molar-refractivity contribution is -0.121. The monoisotopic (exact) mass is 636 g/mol. The van der Waals surface area contributed by atoms with Crippen LogP contribution in [0.15, 0.2) is 30.5 Å². The van der Waals surface area contributed by atoms with Gasteiger partial charge in [-0.1, -0.05) is 18.5 Å². The lowest BCUT2D eigenvalue weighted by atomic mass is 10.1. The fourth-order valence-corrected chi connectivity index (χ4v) is 6.51. The lowest BCUT2D eigenvalue weighted by Crippen LogP contribution is -2.40. The van der Waals surface area contributed by atoms with Gasteiger partial charge >= 0.3 is 21.3 Å². The molecule has 0 aliphatic heterocycles. The Balaban J connectivity index is 1.99. The molecule has 1 aromatic heterocycles. The Kier molecular flexibility index (Phi) is 13.7. The SMILES string of the molecule is CCN(C)CCCC(C)N(C(=O)OCCCCCC(=O)NC(P(=O)(O)O)P(=O)(O)O)c1ccnc2cc(Cl)ccc12. The van der Waals surface area contributed by atoms with Crippen LogP contribution in [0.4, 0.5) is 10.5 Å². The Morgan fingerprint density at radius 3 is 2.39 bits per heavy atom. The Hall–Kier alpha value is -2.08. The van der Waals surface area contributed by atoms with Crippen LogP contribution in [0.1, 0.15) is 52.4 Å². The second-order valence-electron chi connectivity index (χ2n) is 9.79. The number of hydrogen-bond acceptors (Lipinski definition) is 7. The molecule has 0 bridgehead atoms. The second kappa shape index (κ2) is 16.0. The van der Waals surface area contributed by atoms with Crippen LogP contribution in [-0.2, 0) is 18.7 Å². The van der Waals surface area contributed by atoms with E-state index in [1.54, 1.807) is 34.6 Å². The van der Waals surface area contributed by atoms with Gasteiger partial charge in [0, 0.05) is 29.1 Å². The number of fused-ring (bicyclic) bond motifs is 1. The zero-order valence-electron chi connectivity index (χ0n) is 23.3. The van der Waals surface area contributed by atoms with Gasteiger partial charge in [-0.05, 0) is 83.4 Å². The molecular weight excluding hydrogens is 598 g/mol. The minimum Gasteiger partial charge on any atom is -0.449 e. The number of carbonyl (C=O) groups excluding carboxylic acids is 2. The Bertz CT molecular complexity index is 1250. The molecule has 2 aromatic rings. The van der Waals surface area contributed by atoms with Crippen molar-refractivity contribution in [1.82, 2.24) is 15.2 Å². The van der Waals surface area contributed by atoms with Crippen molar-refractivity contribution in [2.24, 2.45) is 0 Å². The second-order valence-corrected chi connectivity index (χ2v) is 14.0. The first-order valence-corrected chi connectivity index (χ1v) is 17.0. The number of unbranched alkanes of at least 4 members (excludes halogenated alkanes) is 2. The summed E-state index contributed by atoms with van der Waals surface area (Å²) in [5.41, 5.74) is -1.29. The first-order valence-electron chi connectivity index (χ1n) is 13.2. The number of amides is 2. The summed E-state index contributed by atoms with van der Waals surface area (Å²) in [6.45, 7) is 5.90. The average molecular weight is 637 g/mol. The molecule has 41 heavy (non-hydrogen) atoms. The Morgan fingerprint density at radius 1 is 1.07 bits per heavy atom. The van der Waals surface area contributed by atoms with Gasteiger partial charge in [0.25, 0.3) is 0 Å². The largest absolute Gasteiger partial charge is 0.449 e. The summed E-state index contributed by atoms with van der Waals surface area (Å²) in [5, 5.41) is 3.00. The molecule has 0 radical (unpaired) electrons. The number of anilines is 1. The zero-order valence-corrected chi connectivity index (χ0v) is 25.9. The van der Waals surface area contributed by atoms with E-state index in [4.69, 9.17) is 35.9 Å². The average Bonchev–Trinajstić information content (AvgIpc) is 2.87. The van der Waals surface area contributed by atoms with Gasteiger partial charge in [-0.15, -0.1) is 0 Å². The van der Waals surface area contributed by atoms with E-state index < -0.39 is 32.7 Å². The third-order valence-electron chi connectivity index (χ3n) is 6.48. The summed E-state index contributed by atoms with van der Waals surface area (Å²) in [5.74, 6) is -0.906. The van der Waals surface area contributed by atoms with E-state index in [-0.39, 0.29) is 25.5 Å². The number of halogens is 1. The highest BCUT2D eigenvalue weighted by atomic mass is 35.5. The lowest BCUT2D eigenvalue weighted by Gasteiger charge is -2.30. The fraction of sp³-hybridized carbons (Fsp3) is 0.560. The summed E-state index contributed by atoms with van der Waals surface area (Å²) in [6, 6.07) is 6.84. The van der Waals surface area contributed by atoms with Crippen molar-refractivity contribution in [3.8, 4) is 0 Å². The van der Waals surface area contributed by atoms with Crippen molar-refractivity contribution in [2.75, 3.05) is 31.6 Å². The van der Waals surface area contributed by atoms with E-state index in [1.807, 2.05) is 20.0 Å². The maximum Gasteiger partial charge on any atom is 0.414 e. The van der Waals surface area contributed by atoms with Crippen LogP contribution in [0.2, 0.25) is 5.02 Å². The van der Waals surface area contributed by atoms with Crippen LogP contribution in [-0.4, -0.2) is 79.8 Å². The number of benzene rings is 1. The van der Waals surface area contributed by atoms with Gasteiger partial charge in [-0.25, -0.2) is 4.79 Å². The predicted octanol–water partition coefficient (Wildman–Crippen LogP) is 4.27. The molecule has 1 unspecified atom stereocenters. The molecule has 0 saturated carbocycles. The smallest absolute Gasteiger partial charge is 0.414 e. The quantitative estimate of drug-likeness (QED) is 0.131. The minimum absolute atomic E-state index is 0.0602. The van der Waals surface area contributed by atoms with Gasteiger partial charge in [0.15, 0.2) is 0 Å². The predicted molar refractivity (Wildman–Crippen MR) is 157 cm³/mol. The molecule has 13 nitrogen and oxygen atoms in total. The van der Waals surface area contributed by atoms with E-state index in [1.165, 1.54) is 0 Å². The number of nitrogens with zero attached hydrogens (tertiary/aromatic N) is 3. The highest BCUT2D eigenvalue weighted by molar-refractivity contribution is 7.70. The minimum atomic E-state index is -5.26. The molecule has 230 valence electrons. The van der Waals surface area contributed by atoms with Crippen molar-refractivity contribution in [1.29, 1.82) is 0 Å². The van der Waals surface area contributed by atoms with Crippen molar-refractivity contribution >= 4 is 55.4 Å². The molecule has 1 atom stereocenters. The van der Waals surface area contributed by atoms with Crippen LogP contribution in [0.25, 0.3) is 10.9 Å². The molecule has 0 fully saturated rings. The molecule has 0 saturated heterocycles. The highest BCUT2D eigenvalue weighted by Gasteiger charge is 2.44. The van der Waals surface area contributed by atoms with Crippen molar-refractivity contribution < 1.29 is 43.0 Å². The standard InChI is InChI=1S/C25H39ClN4O9P2/c1-4-29(3)15-8-9-18(2)30(22-13-14-27-21-17-19(26)11-12-20(21)22)25(32)39-16-7-5-6-10-23(31)28-24(40(33,34)35)41(36,37)38/h11-14,17-18,24H,4-10,15-16H2,1-3H3,(H,28,31)(H2,33,34,35)(H2,36,37,38). The first-order chi connectivity index (χ1) is 19.1. The van der Waals surface area contributed by atoms with Crippen LogP contribution >= 0.6 is 26.8 Å². The van der Waals surface area contributed by atoms with Crippen molar-refractivity contribution in [2.45, 2.75) is 63.9 Å². The molecule has 1 heterocycles. The molecule has 2 rings (SSSR count). The first kappa shape index (κ1) is 35.1. The van der Waals surface area contributed by atoms with Gasteiger partial charge in [0.2, 0.25) is 11.4 Å². The normalized spacial score (nSPS) is 13.0. The maximum absolute atomic E-state index is 13.3. The molecule has 2 amide bonds. The van der Waals surface area contributed by atoms with Crippen LogP contribution in [0.5, 0.6) is 0 Å². The van der Waals surface area contributed by atoms with Crippen LogP contribution in [0.3, 0.4) is 0 Å². The number of aromatic nitrogens is 1. The molecule has 0 spiro atoms. The number of pyridine rings is 1. The Morgan fingerprint density at radius 2 is 1.76 bits per heavy atom. The number of rotatable bonds is 16. The summed E-state index contributed by atoms with van der Waals surface area (Å²) in [4.78, 5) is 69.9. The molecule has 0 aliphatic rings. The molecular formula is C25H39ClN4O9P2. The van der Waals surface area contributed by atoms with E-state index in [0.717, 1.165) is 31.3 Å². The van der Waals surface area contributed by atoms with Gasteiger partial charge < -0.3 is 34.5 Å². The van der Waals surface area contributed by atoms with Crippen LogP contribution in [0, 0.1) is 0 Å². The fourth-order valence-electron chi connectivity index (χ4n) is 4.15. The Labute approximate surface area is 244 Å². The summed E-state index contributed by atoms with van der Waals surface area (Å²) >= 11 is 6.14. The third kappa shape index (κ3) is 11.3. The van der Waals surface area contributed by atoms with Crippen molar-refractivity contribution in [3.63, 3.8) is 0 Å². The van der Waals surface area contributed by atoms with Gasteiger partial charge in [0.05, 0.1) is 17.8 Å². The van der Waals surface area contributed by atoms with Crippen LogP contribution < -0.4 is 10.2 Å². The maximum atomic E-state index is 13.3. The number of hydrogen-bond donors (Lipinski definition) is 5. The van der Waals surface area contributed by atoms with Crippen molar-refractivity contribution in [3.05, 3.63) is 35.5 Å². The van der Waals surface area contributed by atoms with E-state index in [2.05, 4.69) is 16.8 Å².